The fraction of sp³-hybridized carbons (Fsp3) is 0.500. The summed E-state index contributed by atoms with van der Waals surface area (Å²) >= 11 is 0.710. The minimum absolute atomic E-state index is 0.000463. The van der Waals surface area contributed by atoms with Crippen LogP contribution in [0.25, 0.3) is 0 Å². The largest absolute Gasteiger partial charge is 0.371 e. The van der Waals surface area contributed by atoms with E-state index in [1.54, 1.807) is 6.92 Å². The predicted octanol–water partition coefficient (Wildman–Crippen LogP) is 5.09. The Balaban J connectivity index is 1.22. The highest BCUT2D eigenvalue weighted by atomic mass is 32.2. The minimum Gasteiger partial charge on any atom is -0.371 e. The Bertz CT molecular complexity index is 1040. The minimum atomic E-state index is -2.50. The number of nitrogens with zero attached hydrogens (tertiary/aromatic N) is 3. The standard InChI is InChI=1S/C22H23F5N4S/c1-13-16(7-15(23)20(19(13)25)32-29-18-4-2-3-17(24)28-18)31-6-5-14(9-31)8-30-11-21(12-30)10-22(21,26)27/h2-4,7,14H,5-6,8-12H2,1H3,(H,28,29)/t14-/m0/s1. The van der Waals surface area contributed by atoms with Crippen molar-refractivity contribution in [3.8, 4) is 0 Å². The molecule has 1 atom stereocenters. The van der Waals surface area contributed by atoms with Gasteiger partial charge in [0.15, 0.2) is 0 Å². The van der Waals surface area contributed by atoms with Gasteiger partial charge in [-0.3, -0.25) is 0 Å². The second-order valence-corrected chi connectivity index (χ2v) is 9.94. The average Bonchev–Trinajstić information content (AvgIpc) is 3.05. The molecule has 2 aromatic rings. The molecule has 3 fully saturated rings. The maximum atomic E-state index is 15.0. The molecule has 5 rings (SSSR count). The zero-order valence-electron chi connectivity index (χ0n) is 17.5. The van der Waals surface area contributed by atoms with Gasteiger partial charge in [-0.25, -0.2) is 22.5 Å². The fourth-order valence-electron chi connectivity index (χ4n) is 4.90. The monoisotopic (exact) mass is 470 g/mol. The SMILES string of the molecule is Cc1c(N2CC[C@@H](CN3CC4(C3)CC4(F)F)C2)cc(F)c(SNc2cccc(F)n2)c1F. The molecule has 0 bridgehead atoms. The number of nitrogens with one attached hydrogen (secondary N) is 1. The smallest absolute Gasteiger partial charge is 0.257 e. The van der Waals surface area contributed by atoms with Gasteiger partial charge in [-0.05, 0) is 49.4 Å². The summed E-state index contributed by atoms with van der Waals surface area (Å²) in [6, 6.07) is 5.46. The van der Waals surface area contributed by atoms with Gasteiger partial charge < -0.3 is 14.5 Å². The van der Waals surface area contributed by atoms with Crippen molar-refractivity contribution in [1.82, 2.24) is 9.88 Å². The number of hydrogen-bond acceptors (Lipinski definition) is 5. The van der Waals surface area contributed by atoms with Gasteiger partial charge in [0.05, 0.1) is 5.41 Å². The Kier molecular flexibility index (Phi) is 5.28. The molecular weight excluding hydrogens is 447 g/mol. The zero-order chi connectivity index (χ0) is 22.7. The Morgan fingerprint density at radius 1 is 1.22 bits per heavy atom. The number of likely N-dealkylation sites (tertiary alicyclic amines) is 1. The zero-order valence-corrected chi connectivity index (χ0v) is 18.3. The van der Waals surface area contributed by atoms with Gasteiger partial charge in [0.1, 0.15) is 22.3 Å². The molecule has 3 aliphatic rings. The first-order chi connectivity index (χ1) is 15.2. The lowest BCUT2D eigenvalue weighted by atomic mass is 9.94. The van der Waals surface area contributed by atoms with Crippen LogP contribution >= 0.6 is 11.9 Å². The molecule has 1 N–H and O–H groups in total. The van der Waals surface area contributed by atoms with E-state index in [9.17, 15) is 22.0 Å². The lowest BCUT2D eigenvalue weighted by Crippen LogP contribution is -2.53. The van der Waals surface area contributed by atoms with Crippen LogP contribution in [0.1, 0.15) is 18.4 Å². The Hall–Kier alpha value is -2.07. The second kappa shape index (κ2) is 7.76. The summed E-state index contributed by atoms with van der Waals surface area (Å²) < 4.78 is 72.4. The molecule has 1 saturated carbocycles. The van der Waals surface area contributed by atoms with Crippen LogP contribution in [-0.2, 0) is 0 Å². The quantitative estimate of drug-likeness (QED) is 0.361. The van der Waals surface area contributed by atoms with Crippen LogP contribution in [0.2, 0.25) is 0 Å². The second-order valence-electron chi connectivity index (χ2n) is 9.13. The molecular formula is C22H23F5N4S. The van der Waals surface area contributed by atoms with Crippen LogP contribution in [0.5, 0.6) is 0 Å². The van der Waals surface area contributed by atoms with Gasteiger partial charge >= 0.3 is 0 Å². The third-order valence-electron chi connectivity index (χ3n) is 6.77. The Morgan fingerprint density at radius 3 is 2.66 bits per heavy atom. The van der Waals surface area contributed by atoms with Crippen LogP contribution in [0.4, 0.5) is 33.5 Å². The maximum absolute atomic E-state index is 15.0. The first kappa shape index (κ1) is 21.8. The lowest BCUT2D eigenvalue weighted by Gasteiger charge is -2.41. The molecule has 1 spiro atoms. The van der Waals surface area contributed by atoms with Crippen molar-refractivity contribution in [2.75, 3.05) is 42.3 Å². The number of halogens is 5. The van der Waals surface area contributed by atoms with Crippen LogP contribution in [0.3, 0.4) is 0 Å². The highest BCUT2D eigenvalue weighted by Gasteiger charge is 2.75. The Morgan fingerprint density at radius 2 is 1.97 bits per heavy atom. The van der Waals surface area contributed by atoms with Gasteiger partial charge in [-0.2, -0.15) is 4.39 Å². The van der Waals surface area contributed by atoms with Crippen molar-refractivity contribution in [3.63, 3.8) is 0 Å². The predicted molar refractivity (Wildman–Crippen MR) is 114 cm³/mol. The van der Waals surface area contributed by atoms with Crippen LogP contribution in [-0.4, -0.2) is 48.5 Å². The third-order valence-corrected chi connectivity index (χ3v) is 7.66. The molecule has 10 heteroatoms. The lowest BCUT2D eigenvalue weighted by molar-refractivity contribution is -0.0290. The average molecular weight is 471 g/mol. The first-order valence-corrected chi connectivity index (χ1v) is 11.4. The van der Waals surface area contributed by atoms with E-state index in [0.717, 1.165) is 13.0 Å². The molecule has 172 valence electrons. The number of pyridine rings is 1. The summed E-state index contributed by atoms with van der Waals surface area (Å²) in [4.78, 5) is 7.44. The van der Waals surface area contributed by atoms with E-state index in [-0.39, 0.29) is 23.1 Å². The topological polar surface area (TPSA) is 31.4 Å². The maximum Gasteiger partial charge on any atom is 0.257 e. The number of rotatable bonds is 6. The number of hydrogen-bond donors (Lipinski definition) is 1. The van der Waals surface area contributed by atoms with E-state index in [1.807, 2.05) is 4.90 Å². The van der Waals surface area contributed by atoms with Crippen molar-refractivity contribution < 1.29 is 22.0 Å². The highest BCUT2D eigenvalue weighted by Crippen LogP contribution is 2.65. The highest BCUT2D eigenvalue weighted by molar-refractivity contribution is 8.00. The van der Waals surface area contributed by atoms with Gasteiger partial charge in [0.2, 0.25) is 5.95 Å². The van der Waals surface area contributed by atoms with Crippen LogP contribution in [0.15, 0.2) is 29.2 Å². The summed E-state index contributed by atoms with van der Waals surface area (Å²) in [6.45, 7) is 4.53. The molecule has 0 amide bonds. The van der Waals surface area contributed by atoms with Gasteiger partial charge in [0, 0.05) is 50.4 Å². The molecule has 0 radical (unpaired) electrons. The van der Waals surface area contributed by atoms with Crippen molar-refractivity contribution in [3.05, 3.63) is 47.4 Å². The molecule has 0 unspecified atom stereocenters. The van der Waals surface area contributed by atoms with Crippen molar-refractivity contribution in [2.45, 2.75) is 30.6 Å². The van der Waals surface area contributed by atoms with E-state index >= 15 is 0 Å². The molecule has 32 heavy (non-hydrogen) atoms. The van der Waals surface area contributed by atoms with Crippen LogP contribution < -0.4 is 9.62 Å². The molecule has 1 aromatic carbocycles. The van der Waals surface area contributed by atoms with E-state index < -0.39 is 28.9 Å². The first-order valence-electron chi connectivity index (χ1n) is 10.6. The third kappa shape index (κ3) is 3.81. The summed E-state index contributed by atoms with van der Waals surface area (Å²) in [6.07, 6.45) is 0.853. The molecule has 1 aliphatic carbocycles. The van der Waals surface area contributed by atoms with E-state index in [1.165, 1.54) is 24.3 Å². The van der Waals surface area contributed by atoms with E-state index in [0.29, 0.717) is 49.4 Å². The molecule has 3 heterocycles. The number of benzene rings is 1. The molecule has 4 nitrogen and oxygen atoms in total. The molecule has 2 aliphatic heterocycles. The van der Waals surface area contributed by atoms with Crippen molar-refractivity contribution in [1.29, 1.82) is 0 Å². The van der Waals surface area contributed by atoms with Crippen molar-refractivity contribution >= 4 is 23.5 Å². The summed E-state index contributed by atoms with van der Waals surface area (Å²) in [7, 11) is 0. The van der Waals surface area contributed by atoms with Crippen molar-refractivity contribution in [2.24, 2.45) is 11.3 Å². The summed E-state index contributed by atoms with van der Waals surface area (Å²) in [5, 5.41) is 0. The summed E-state index contributed by atoms with van der Waals surface area (Å²) in [5.41, 5.74) is 0.0603. The number of anilines is 2. The molecule has 2 saturated heterocycles. The van der Waals surface area contributed by atoms with Gasteiger partial charge in [-0.1, -0.05) is 6.07 Å². The normalized spacial score (nSPS) is 23.4. The van der Waals surface area contributed by atoms with E-state index in [4.69, 9.17) is 0 Å². The number of aromatic nitrogens is 1. The summed E-state index contributed by atoms with van der Waals surface area (Å²) in [5.74, 6) is -4.13. The fourth-order valence-corrected chi connectivity index (χ4v) is 5.62. The molecule has 1 aromatic heterocycles. The number of alkyl halides is 2. The van der Waals surface area contributed by atoms with Crippen LogP contribution in [0, 0.1) is 35.8 Å². The Labute approximate surface area is 187 Å². The van der Waals surface area contributed by atoms with E-state index in [2.05, 4.69) is 14.6 Å². The van der Waals surface area contributed by atoms with Gasteiger partial charge in [-0.15, -0.1) is 0 Å². The van der Waals surface area contributed by atoms with Gasteiger partial charge in [0.25, 0.3) is 5.92 Å².